The molecule has 0 aliphatic rings. The summed E-state index contributed by atoms with van der Waals surface area (Å²) in [5.74, 6) is 0. The first-order valence-electron chi connectivity index (χ1n) is 4.75. The Labute approximate surface area is 93.5 Å². The van der Waals surface area contributed by atoms with E-state index in [9.17, 15) is 0 Å². The van der Waals surface area contributed by atoms with E-state index in [1.807, 2.05) is 41.2 Å². The number of halogens is 1. The number of hydrogen-bond donors (Lipinski definition) is 1. The lowest BCUT2D eigenvalue weighted by Crippen LogP contribution is -2.03. The maximum Gasteiger partial charge on any atom is 0.0760 e. The van der Waals surface area contributed by atoms with Crippen molar-refractivity contribution in [3.8, 4) is 0 Å². The molecule has 0 saturated carbocycles. The van der Waals surface area contributed by atoms with Crippen molar-refractivity contribution in [2.45, 2.75) is 13.1 Å². The summed E-state index contributed by atoms with van der Waals surface area (Å²) in [5.41, 5.74) is 7.56. The van der Waals surface area contributed by atoms with Gasteiger partial charge in [-0.25, -0.2) is 0 Å². The summed E-state index contributed by atoms with van der Waals surface area (Å²) in [6.45, 7) is 1.23. The molecule has 78 valence electrons. The lowest BCUT2D eigenvalue weighted by atomic mass is 10.2. The van der Waals surface area contributed by atoms with Crippen LogP contribution in [0.15, 0.2) is 36.5 Å². The molecule has 0 saturated heterocycles. The number of benzene rings is 1. The molecule has 2 N–H and O–H groups in total. The monoisotopic (exact) mass is 221 g/mol. The van der Waals surface area contributed by atoms with Crippen molar-refractivity contribution in [1.29, 1.82) is 0 Å². The highest BCUT2D eigenvalue weighted by atomic mass is 35.5. The van der Waals surface area contributed by atoms with Crippen molar-refractivity contribution in [2.24, 2.45) is 5.73 Å². The molecule has 1 aromatic heterocycles. The number of nitrogens with zero attached hydrogens (tertiary/aromatic N) is 2. The Morgan fingerprint density at radius 1 is 1.20 bits per heavy atom. The van der Waals surface area contributed by atoms with Gasteiger partial charge in [0.25, 0.3) is 0 Å². The average molecular weight is 222 g/mol. The van der Waals surface area contributed by atoms with Crippen LogP contribution in [0, 0.1) is 0 Å². The van der Waals surface area contributed by atoms with E-state index in [2.05, 4.69) is 5.10 Å². The van der Waals surface area contributed by atoms with Gasteiger partial charge in [0.2, 0.25) is 0 Å². The van der Waals surface area contributed by atoms with E-state index in [1.165, 1.54) is 5.56 Å². The van der Waals surface area contributed by atoms with Crippen molar-refractivity contribution < 1.29 is 0 Å². The van der Waals surface area contributed by atoms with Crippen molar-refractivity contribution in [2.75, 3.05) is 0 Å². The van der Waals surface area contributed by atoms with E-state index in [0.717, 1.165) is 17.3 Å². The minimum Gasteiger partial charge on any atom is -0.325 e. The molecule has 0 aliphatic heterocycles. The van der Waals surface area contributed by atoms with Gasteiger partial charge < -0.3 is 5.73 Å². The number of hydrogen-bond acceptors (Lipinski definition) is 2. The zero-order valence-electron chi connectivity index (χ0n) is 8.23. The summed E-state index contributed by atoms with van der Waals surface area (Å²) in [5, 5.41) is 5.06. The fraction of sp³-hybridized carbons (Fsp3) is 0.182. The van der Waals surface area contributed by atoms with Crippen LogP contribution in [0.2, 0.25) is 5.02 Å². The summed E-state index contributed by atoms with van der Waals surface area (Å²) in [7, 11) is 0. The summed E-state index contributed by atoms with van der Waals surface area (Å²) >= 11 is 5.80. The van der Waals surface area contributed by atoms with Gasteiger partial charge in [0, 0.05) is 17.8 Å². The summed E-state index contributed by atoms with van der Waals surface area (Å²) in [6.07, 6.45) is 1.93. The predicted molar refractivity (Wildman–Crippen MR) is 60.7 cm³/mol. The van der Waals surface area contributed by atoms with Gasteiger partial charge in [-0.15, -0.1) is 0 Å². The van der Waals surface area contributed by atoms with Crippen LogP contribution < -0.4 is 5.73 Å². The first-order valence-corrected chi connectivity index (χ1v) is 5.12. The minimum absolute atomic E-state index is 0.480. The zero-order chi connectivity index (χ0) is 10.7. The molecular weight excluding hydrogens is 210 g/mol. The summed E-state index contributed by atoms with van der Waals surface area (Å²) < 4.78 is 1.87. The highest BCUT2D eigenvalue weighted by molar-refractivity contribution is 6.30. The van der Waals surface area contributed by atoms with Gasteiger partial charge in [0.15, 0.2) is 0 Å². The molecule has 0 atom stereocenters. The van der Waals surface area contributed by atoms with Gasteiger partial charge in [0.05, 0.1) is 12.2 Å². The third-order valence-electron chi connectivity index (χ3n) is 2.16. The molecular formula is C11H12ClN3. The molecule has 0 radical (unpaired) electrons. The highest BCUT2D eigenvalue weighted by Crippen LogP contribution is 2.10. The van der Waals surface area contributed by atoms with Gasteiger partial charge in [-0.2, -0.15) is 5.10 Å². The van der Waals surface area contributed by atoms with Crippen molar-refractivity contribution in [3.05, 3.63) is 52.8 Å². The fourth-order valence-electron chi connectivity index (χ4n) is 1.38. The second-order valence-corrected chi connectivity index (χ2v) is 3.77. The Hall–Kier alpha value is -1.32. The lowest BCUT2D eigenvalue weighted by Gasteiger charge is -2.01. The van der Waals surface area contributed by atoms with Gasteiger partial charge in [-0.05, 0) is 23.8 Å². The normalized spacial score (nSPS) is 10.5. The Morgan fingerprint density at radius 2 is 1.93 bits per heavy atom. The molecule has 4 heteroatoms. The summed E-state index contributed by atoms with van der Waals surface area (Å²) in [4.78, 5) is 0. The Kier molecular flexibility index (Phi) is 3.04. The number of nitrogens with two attached hydrogens (primary N) is 1. The maximum atomic E-state index is 5.80. The Bertz CT molecular complexity index is 433. The highest BCUT2D eigenvalue weighted by Gasteiger charge is 1.98. The van der Waals surface area contributed by atoms with Crippen LogP contribution in [0.4, 0.5) is 0 Å². The second-order valence-electron chi connectivity index (χ2n) is 3.34. The van der Waals surface area contributed by atoms with E-state index in [4.69, 9.17) is 17.3 Å². The van der Waals surface area contributed by atoms with Gasteiger partial charge >= 0.3 is 0 Å². The predicted octanol–water partition coefficient (Wildman–Crippen LogP) is 2.04. The SMILES string of the molecule is NCc1ccn(Cc2ccc(Cl)cc2)n1. The zero-order valence-corrected chi connectivity index (χ0v) is 8.98. The standard InChI is InChI=1S/C11H12ClN3/c12-10-3-1-9(2-4-10)8-15-6-5-11(7-13)14-15/h1-6H,7-8,13H2. The largest absolute Gasteiger partial charge is 0.325 e. The van der Waals surface area contributed by atoms with Crippen LogP contribution in [0.25, 0.3) is 0 Å². The molecule has 0 spiro atoms. The van der Waals surface area contributed by atoms with E-state index in [1.54, 1.807) is 0 Å². The van der Waals surface area contributed by atoms with E-state index < -0.39 is 0 Å². The van der Waals surface area contributed by atoms with Crippen molar-refractivity contribution in [1.82, 2.24) is 9.78 Å². The van der Waals surface area contributed by atoms with Crippen molar-refractivity contribution >= 4 is 11.6 Å². The number of aromatic nitrogens is 2. The van der Waals surface area contributed by atoms with Crippen LogP contribution >= 0.6 is 11.6 Å². The van der Waals surface area contributed by atoms with Gasteiger partial charge in [-0.3, -0.25) is 4.68 Å². The Balaban J connectivity index is 2.11. The molecule has 1 aromatic carbocycles. The number of rotatable bonds is 3. The molecule has 2 aromatic rings. The van der Waals surface area contributed by atoms with E-state index in [0.29, 0.717) is 6.54 Å². The molecule has 1 heterocycles. The van der Waals surface area contributed by atoms with Gasteiger partial charge in [0.1, 0.15) is 0 Å². The van der Waals surface area contributed by atoms with Crippen LogP contribution in [-0.4, -0.2) is 9.78 Å². The van der Waals surface area contributed by atoms with Crippen LogP contribution in [0.1, 0.15) is 11.3 Å². The average Bonchev–Trinajstić information content (AvgIpc) is 2.69. The topological polar surface area (TPSA) is 43.8 Å². The first kappa shape index (κ1) is 10.2. The molecule has 0 bridgehead atoms. The molecule has 0 unspecified atom stereocenters. The van der Waals surface area contributed by atoms with Crippen molar-refractivity contribution in [3.63, 3.8) is 0 Å². The van der Waals surface area contributed by atoms with E-state index >= 15 is 0 Å². The molecule has 0 amide bonds. The third kappa shape index (κ3) is 2.58. The third-order valence-corrected chi connectivity index (χ3v) is 2.41. The lowest BCUT2D eigenvalue weighted by molar-refractivity contribution is 0.672. The molecule has 15 heavy (non-hydrogen) atoms. The van der Waals surface area contributed by atoms with Crippen LogP contribution in [0.5, 0.6) is 0 Å². The molecule has 3 nitrogen and oxygen atoms in total. The van der Waals surface area contributed by atoms with Gasteiger partial charge in [-0.1, -0.05) is 23.7 Å². The molecule has 2 rings (SSSR count). The molecule has 0 fully saturated rings. The molecule has 0 aliphatic carbocycles. The maximum absolute atomic E-state index is 5.80. The van der Waals surface area contributed by atoms with Crippen LogP contribution in [-0.2, 0) is 13.1 Å². The smallest absolute Gasteiger partial charge is 0.0760 e. The van der Waals surface area contributed by atoms with Crippen LogP contribution in [0.3, 0.4) is 0 Å². The fourth-order valence-corrected chi connectivity index (χ4v) is 1.50. The Morgan fingerprint density at radius 3 is 2.53 bits per heavy atom. The quantitative estimate of drug-likeness (QED) is 0.862. The second kappa shape index (κ2) is 4.47. The van der Waals surface area contributed by atoms with E-state index in [-0.39, 0.29) is 0 Å². The minimum atomic E-state index is 0.480. The first-order chi connectivity index (χ1) is 7.28. The summed E-state index contributed by atoms with van der Waals surface area (Å²) in [6, 6.07) is 9.67.